The summed E-state index contributed by atoms with van der Waals surface area (Å²) in [5, 5.41) is 7.85. The second-order valence-corrected chi connectivity index (χ2v) is 12.9. The number of esters is 1. The number of methoxy groups -OCH3 is 3. The molecule has 0 heterocycles. The van der Waals surface area contributed by atoms with Gasteiger partial charge in [-0.1, -0.05) is 24.3 Å². The summed E-state index contributed by atoms with van der Waals surface area (Å²) in [5.74, 6) is 0.176. The SMILES string of the molecule is [CH2-][C@H](NC(=O)[C@H](Cc1ccc(OC)cc1)NC(=O)[C@H](Cc1ccc(Oc2cc(I)ccc2OC)cc1)NC(=O)OC(C)(C)C)C(=O)OC.[Zn+][I]. The molecule has 3 aromatic rings. The van der Waals surface area contributed by atoms with Crippen LogP contribution in [0.3, 0.4) is 0 Å². The first-order valence-corrected chi connectivity index (χ1v) is 25.3. The first kappa shape index (κ1) is 43.0. The van der Waals surface area contributed by atoms with Gasteiger partial charge in [0, 0.05) is 22.5 Å². The van der Waals surface area contributed by atoms with Crippen LogP contribution in [0.4, 0.5) is 4.79 Å². The summed E-state index contributed by atoms with van der Waals surface area (Å²) in [7, 11) is 4.27. The second-order valence-electron chi connectivity index (χ2n) is 11.6. The van der Waals surface area contributed by atoms with Gasteiger partial charge in [-0.15, -0.1) is 0 Å². The van der Waals surface area contributed by atoms with Crippen molar-refractivity contribution in [2.24, 2.45) is 0 Å². The van der Waals surface area contributed by atoms with Crippen molar-refractivity contribution in [2.45, 2.75) is 57.3 Å². The third kappa shape index (κ3) is 14.6. The third-order valence-corrected chi connectivity index (χ3v) is 7.43. The van der Waals surface area contributed by atoms with E-state index in [0.29, 0.717) is 34.1 Å². The van der Waals surface area contributed by atoms with Crippen LogP contribution in [0.15, 0.2) is 66.7 Å². The minimum absolute atomic E-state index is 0.0505. The Morgan fingerprint density at radius 2 is 1.26 bits per heavy atom. The number of amides is 3. The first-order valence-electron chi connectivity index (χ1n) is 15.2. The molecule has 0 radical (unpaired) electrons. The van der Waals surface area contributed by atoms with E-state index in [-0.39, 0.29) is 12.8 Å². The third-order valence-electron chi connectivity index (χ3n) is 6.76. The van der Waals surface area contributed by atoms with Crippen molar-refractivity contribution in [3.63, 3.8) is 0 Å². The van der Waals surface area contributed by atoms with Crippen molar-refractivity contribution in [1.82, 2.24) is 16.0 Å². The number of nitrogens with one attached hydrogen (secondary N) is 3. The van der Waals surface area contributed by atoms with E-state index < -0.39 is 47.6 Å². The molecule has 12 nitrogen and oxygen atoms in total. The van der Waals surface area contributed by atoms with E-state index in [0.717, 1.165) is 3.57 Å². The van der Waals surface area contributed by atoms with Gasteiger partial charge in [-0.25, -0.2) is 4.79 Å². The molecule has 0 fully saturated rings. The van der Waals surface area contributed by atoms with Crippen LogP contribution in [-0.4, -0.2) is 68.9 Å². The Bertz CT molecular complexity index is 1570. The fourth-order valence-corrected chi connectivity index (χ4v) is 4.86. The minimum atomic E-state index is -1.21. The van der Waals surface area contributed by atoms with E-state index in [2.05, 4.69) is 70.0 Å². The van der Waals surface area contributed by atoms with Crippen LogP contribution in [0.2, 0.25) is 0 Å². The van der Waals surface area contributed by atoms with Gasteiger partial charge >= 0.3 is 40.6 Å². The molecule has 0 saturated carbocycles. The topological polar surface area (TPSA) is 151 Å². The summed E-state index contributed by atoms with van der Waals surface area (Å²) in [5.41, 5.74) is 0.563. The number of carbonyl (C=O) groups is 4. The van der Waals surface area contributed by atoms with Gasteiger partial charge in [0.15, 0.2) is 11.5 Å². The van der Waals surface area contributed by atoms with Gasteiger partial charge in [0.2, 0.25) is 11.8 Å². The average molecular weight is 967 g/mol. The van der Waals surface area contributed by atoms with Gasteiger partial charge in [0.05, 0.1) is 21.3 Å². The molecular weight excluding hydrogens is 926 g/mol. The van der Waals surface area contributed by atoms with Crippen LogP contribution in [0.5, 0.6) is 23.0 Å². The summed E-state index contributed by atoms with van der Waals surface area (Å²) < 4.78 is 27.7. The number of ether oxygens (including phenoxy) is 5. The Labute approximate surface area is 327 Å². The Balaban J connectivity index is 0.00000425. The van der Waals surface area contributed by atoms with Crippen LogP contribution < -0.4 is 30.2 Å². The second kappa shape index (κ2) is 21.2. The molecule has 266 valence electrons. The zero-order valence-corrected chi connectivity index (χ0v) is 36.1. The molecule has 3 amide bonds. The zero-order chi connectivity index (χ0) is 37.4. The van der Waals surface area contributed by atoms with Crippen molar-refractivity contribution in [3.8, 4) is 23.0 Å². The van der Waals surface area contributed by atoms with Crippen molar-refractivity contribution >= 4 is 66.2 Å². The van der Waals surface area contributed by atoms with Crippen molar-refractivity contribution < 1.29 is 57.7 Å². The van der Waals surface area contributed by atoms with Crippen LogP contribution in [0.1, 0.15) is 31.9 Å². The van der Waals surface area contributed by atoms with Crippen LogP contribution in [0, 0.1) is 10.5 Å². The Kier molecular flexibility index (Phi) is 18.3. The predicted molar refractivity (Wildman–Crippen MR) is 201 cm³/mol. The standard InChI is InChI=1S/C35H41IN3O9.HI.Zn/c1-21(33(42)46-7)37-31(40)27(18-22-8-13-25(44-5)14-9-22)38-32(41)28(39-34(43)48-35(2,3)4)19-23-10-15-26(16-11-23)47-30-20-24(36)12-17-29(30)45-6;;/h8-17,20-21,27-28H,1,18-19H2,2-7H3,(H,37,40)(H,38,41)(H,39,43);1H;/q-1;;+2/p-1/t21-,27-,28-;;/m0../s1. The molecule has 3 N–H and O–H groups in total. The summed E-state index contributed by atoms with van der Waals surface area (Å²) in [4.78, 5) is 52.0. The number of hydrogen-bond acceptors (Lipinski definition) is 9. The molecule has 0 aromatic heterocycles. The molecule has 0 aliphatic carbocycles. The van der Waals surface area contributed by atoms with Crippen molar-refractivity contribution in [3.05, 3.63) is 88.4 Å². The van der Waals surface area contributed by atoms with Gasteiger partial charge in [-0.2, -0.15) is 0 Å². The molecule has 0 unspecified atom stereocenters. The molecule has 0 aliphatic rings. The number of benzene rings is 3. The number of halogens is 2. The van der Waals surface area contributed by atoms with Gasteiger partial charge < -0.3 is 46.6 Å². The normalized spacial score (nSPS) is 12.5. The molecule has 3 rings (SSSR count). The van der Waals surface area contributed by atoms with E-state index in [4.69, 9.17) is 18.9 Å². The predicted octanol–water partition coefficient (Wildman–Crippen LogP) is 5.64. The molecule has 0 saturated heterocycles. The molecule has 15 heteroatoms. The van der Waals surface area contributed by atoms with Crippen molar-refractivity contribution in [2.75, 3.05) is 21.3 Å². The Morgan fingerprint density at radius 1 is 0.740 bits per heavy atom. The number of rotatable bonds is 14. The van der Waals surface area contributed by atoms with E-state index >= 15 is 0 Å². The molecular formula is C35H41I2N3O9Zn. The maximum absolute atomic E-state index is 13.8. The van der Waals surface area contributed by atoms with Crippen LogP contribution in [0.25, 0.3) is 0 Å². The number of carbonyl (C=O) groups excluding carboxylic acids is 4. The fraction of sp³-hybridized carbons (Fsp3) is 0.343. The van der Waals surface area contributed by atoms with Gasteiger partial charge in [-0.05, 0) is 97.0 Å². The summed E-state index contributed by atoms with van der Waals surface area (Å²) in [6, 6.07) is 16.0. The fourth-order valence-electron chi connectivity index (χ4n) is 4.40. The van der Waals surface area contributed by atoms with Gasteiger partial charge in [0.25, 0.3) is 5.97 Å². The zero-order valence-electron chi connectivity index (χ0n) is 28.8. The summed E-state index contributed by atoms with van der Waals surface area (Å²) >= 11 is 5.80. The quantitative estimate of drug-likeness (QED) is 0.0808. The Morgan fingerprint density at radius 3 is 1.76 bits per heavy atom. The van der Waals surface area contributed by atoms with E-state index in [9.17, 15) is 19.2 Å². The molecule has 3 aromatic carbocycles. The van der Waals surface area contributed by atoms with Crippen LogP contribution >= 0.6 is 42.3 Å². The van der Waals surface area contributed by atoms with E-state index in [1.54, 1.807) is 76.4 Å². The van der Waals surface area contributed by atoms with Gasteiger partial charge in [0.1, 0.15) is 29.2 Å². The monoisotopic (exact) mass is 965 g/mol. The number of alkyl carbamates (subject to hydrolysis) is 1. The first-order chi connectivity index (χ1) is 23.7. The molecule has 50 heavy (non-hydrogen) atoms. The van der Waals surface area contributed by atoms with Crippen molar-refractivity contribution in [1.29, 1.82) is 0 Å². The molecule has 0 bridgehead atoms. The summed E-state index contributed by atoms with van der Waals surface area (Å²) in [6.07, 6.45) is -0.703. The van der Waals surface area contributed by atoms with Gasteiger partial charge in [-0.3, -0.25) is 14.4 Å². The molecule has 0 spiro atoms. The summed E-state index contributed by atoms with van der Waals surface area (Å²) in [6.45, 7) is 8.73. The maximum atomic E-state index is 13.8. The average Bonchev–Trinajstić information content (AvgIpc) is 3.08. The molecule has 0 aliphatic heterocycles. The van der Waals surface area contributed by atoms with E-state index in [1.807, 2.05) is 18.2 Å². The molecule has 3 atom stereocenters. The van der Waals surface area contributed by atoms with E-state index in [1.165, 1.54) is 29.0 Å². The van der Waals surface area contributed by atoms with Crippen LogP contribution in [-0.2, 0) is 51.5 Å². The number of hydrogen-bond donors (Lipinski definition) is 3. The Hall–Kier alpha value is -3.18.